The third kappa shape index (κ3) is 3.17. The Bertz CT molecular complexity index is 444. The zero-order valence-electron chi connectivity index (χ0n) is 12.2. The SMILES string of the molecule is CCCn1c(N2CCN(C(C)CC)CC2)n[nH]c1=S. The van der Waals surface area contributed by atoms with Gasteiger partial charge < -0.3 is 4.90 Å². The van der Waals surface area contributed by atoms with Gasteiger partial charge >= 0.3 is 0 Å². The molecule has 6 heteroatoms. The molecule has 0 amide bonds. The Morgan fingerprint density at radius 1 is 1.26 bits per heavy atom. The summed E-state index contributed by atoms with van der Waals surface area (Å²) in [6.45, 7) is 12.0. The molecule has 0 bridgehead atoms. The molecular weight excluding hydrogens is 258 g/mol. The van der Waals surface area contributed by atoms with E-state index in [1.165, 1.54) is 6.42 Å². The van der Waals surface area contributed by atoms with Gasteiger partial charge in [0.2, 0.25) is 5.95 Å². The molecule has 1 aliphatic heterocycles. The summed E-state index contributed by atoms with van der Waals surface area (Å²) in [4.78, 5) is 4.91. The first-order valence-corrected chi connectivity index (χ1v) is 7.72. The summed E-state index contributed by atoms with van der Waals surface area (Å²) in [5.41, 5.74) is 0. The Kier molecular flexibility index (Phi) is 4.99. The fraction of sp³-hybridized carbons (Fsp3) is 0.846. The second-order valence-electron chi connectivity index (χ2n) is 5.26. The Hall–Kier alpha value is -0.880. The first-order valence-electron chi connectivity index (χ1n) is 7.31. The first kappa shape index (κ1) is 14.5. The smallest absolute Gasteiger partial charge is 0.225 e. The van der Waals surface area contributed by atoms with Gasteiger partial charge in [0.05, 0.1) is 0 Å². The number of rotatable bonds is 5. The maximum absolute atomic E-state index is 5.30. The molecule has 1 fully saturated rings. The summed E-state index contributed by atoms with van der Waals surface area (Å²) in [6, 6.07) is 0.679. The quantitative estimate of drug-likeness (QED) is 0.842. The first-order chi connectivity index (χ1) is 9.17. The van der Waals surface area contributed by atoms with E-state index in [4.69, 9.17) is 12.2 Å². The van der Waals surface area contributed by atoms with Crippen LogP contribution < -0.4 is 4.90 Å². The van der Waals surface area contributed by atoms with Crippen LogP contribution >= 0.6 is 12.2 Å². The molecule has 0 aromatic carbocycles. The van der Waals surface area contributed by atoms with Gasteiger partial charge in [0.1, 0.15) is 0 Å². The van der Waals surface area contributed by atoms with Crippen molar-refractivity contribution in [2.24, 2.45) is 0 Å². The highest BCUT2D eigenvalue weighted by molar-refractivity contribution is 7.71. The normalized spacial score (nSPS) is 18.8. The monoisotopic (exact) mass is 283 g/mol. The van der Waals surface area contributed by atoms with Crippen molar-refractivity contribution < 1.29 is 0 Å². The molecule has 0 radical (unpaired) electrons. The number of hydrogen-bond acceptors (Lipinski definition) is 4. The molecule has 5 nitrogen and oxygen atoms in total. The highest BCUT2D eigenvalue weighted by atomic mass is 32.1. The summed E-state index contributed by atoms with van der Waals surface area (Å²) < 4.78 is 2.86. The van der Waals surface area contributed by atoms with Crippen LogP contribution in [0.5, 0.6) is 0 Å². The van der Waals surface area contributed by atoms with Gasteiger partial charge in [0, 0.05) is 38.8 Å². The lowest BCUT2D eigenvalue weighted by molar-refractivity contribution is 0.191. The minimum Gasteiger partial charge on any atom is -0.338 e. The van der Waals surface area contributed by atoms with Crippen LogP contribution in [0.2, 0.25) is 0 Å². The lowest BCUT2D eigenvalue weighted by Crippen LogP contribution is -2.50. The molecule has 1 N–H and O–H groups in total. The van der Waals surface area contributed by atoms with E-state index in [-0.39, 0.29) is 0 Å². The summed E-state index contributed by atoms with van der Waals surface area (Å²) >= 11 is 5.30. The molecular formula is C13H25N5S. The summed E-state index contributed by atoms with van der Waals surface area (Å²) in [7, 11) is 0. The van der Waals surface area contributed by atoms with Crippen LogP contribution in [0.3, 0.4) is 0 Å². The minimum atomic E-state index is 0.679. The van der Waals surface area contributed by atoms with Crippen LogP contribution in [-0.2, 0) is 6.54 Å². The van der Waals surface area contributed by atoms with Crippen molar-refractivity contribution in [3.05, 3.63) is 4.77 Å². The van der Waals surface area contributed by atoms with E-state index < -0.39 is 0 Å². The Balaban J connectivity index is 2.03. The third-order valence-corrected chi connectivity index (χ3v) is 4.31. The Morgan fingerprint density at radius 3 is 2.53 bits per heavy atom. The lowest BCUT2D eigenvalue weighted by Gasteiger charge is -2.38. The highest BCUT2D eigenvalue weighted by Gasteiger charge is 2.23. The molecule has 0 aliphatic carbocycles. The molecule has 1 unspecified atom stereocenters. The van der Waals surface area contributed by atoms with Crippen LogP contribution in [0.25, 0.3) is 0 Å². The highest BCUT2D eigenvalue weighted by Crippen LogP contribution is 2.16. The predicted molar refractivity (Wildman–Crippen MR) is 81.2 cm³/mol. The Morgan fingerprint density at radius 2 is 1.95 bits per heavy atom. The van der Waals surface area contributed by atoms with Gasteiger partial charge in [0.15, 0.2) is 4.77 Å². The molecule has 1 atom stereocenters. The lowest BCUT2D eigenvalue weighted by atomic mass is 10.2. The maximum atomic E-state index is 5.30. The molecule has 19 heavy (non-hydrogen) atoms. The predicted octanol–water partition coefficient (Wildman–Crippen LogP) is 2.27. The third-order valence-electron chi connectivity index (χ3n) is 4.00. The maximum Gasteiger partial charge on any atom is 0.225 e. The fourth-order valence-corrected chi connectivity index (χ4v) is 2.82. The fourth-order valence-electron chi connectivity index (χ4n) is 2.60. The van der Waals surface area contributed by atoms with Crippen molar-refractivity contribution in [2.45, 2.75) is 46.2 Å². The van der Waals surface area contributed by atoms with Crippen molar-refractivity contribution in [1.82, 2.24) is 19.7 Å². The zero-order valence-corrected chi connectivity index (χ0v) is 13.0. The summed E-state index contributed by atoms with van der Waals surface area (Å²) in [6.07, 6.45) is 2.29. The van der Waals surface area contributed by atoms with Crippen molar-refractivity contribution in [3.8, 4) is 0 Å². The van der Waals surface area contributed by atoms with Gasteiger partial charge in [0.25, 0.3) is 0 Å². The molecule has 1 aromatic rings. The van der Waals surface area contributed by atoms with Gasteiger partial charge in [-0.05, 0) is 32.0 Å². The average Bonchev–Trinajstić information content (AvgIpc) is 2.80. The number of aromatic amines is 1. The van der Waals surface area contributed by atoms with Gasteiger partial charge in [-0.25, -0.2) is 5.10 Å². The van der Waals surface area contributed by atoms with Crippen LogP contribution in [-0.4, -0.2) is 51.9 Å². The molecule has 2 rings (SSSR count). The van der Waals surface area contributed by atoms with Gasteiger partial charge in [-0.15, -0.1) is 5.10 Å². The number of nitrogens with one attached hydrogen (secondary N) is 1. The molecule has 1 aromatic heterocycles. The average molecular weight is 283 g/mol. The molecule has 108 valence electrons. The van der Waals surface area contributed by atoms with Crippen molar-refractivity contribution >= 4 is 18.2 Å². The van der Waals surface area contributed by atoms with E-state index in [2.05, 4.69) is 45.3 Å². The van der Waals surface area contributed by atoms with Crippen LogP contribution in [0.15, 0.2) is 0 Å². The summed E-state index contributed by atoms with van der Waals surface area (Å²) in [5, 5.41) is 7.33. The van der Waals surface area contributed by atoms with E-state index >= 15 is 0 Å². The van der Waals surface area contributed by atoms with Crippen molar-refractivity contribution in [2.75, 3.05) is 31.1 Å². The molecule has 2 heterocycles. The number of H-pyrrole nitrogens is 1. The Labute approximate surface area is 120 Å². The molecule has 1 aliphatic rings. The van der Waals surface area contributed by atoms with Gasteiger partial charge in [-0.3, -0.25) is 9.47 Å². The second-order valence-corrected chi connectivity index (χ2v) is 5.65. The number of anilines is 1. The number of aromatic nitrogens is 3. The minimum absolute atomic E-state index is 0.679. The van der Waals surface area contributed by atoms with E-state index in [1.807, 2.05) is 0 Å². The second kappa shape index (κ2) is 6.52. The molecule has 1 saturated heterocycles. The van der Waals surface area contributed by atoms with Gasteiger partial charge in [-0.2, -0.15) is 0 Å². The van der Waals surface area contributed by atoms with E-state index in [1.54, 1.807) is 0 Å². The van der Waals surface area contributed by atoms with E-state index in [9.17, 15) is 0 Å². The largest absolute Gasteiger partial charge is 0.338 e. The number of nitrogens with zero attached hydrogens (tertiary/aromatic N) is 4. The number of hydrogen-bond donors (Lipinski definition) is 1. The van der Waals surface area contributed by atoms with Crippen LogP contribution in [0.4, 0.5) is 5.95 Å². The molecule has 0 spiro atoms. The topological polar surface area (TPSA) is 40.1 Å². The number of piperazine rings is 1. The van der Waals surface area contributed by atoms with Crippen molar-refractivity contribution in [1.29, 1.82) is 0 Å². The van der Waals surface area contributed by atoms with Crippen LogP contribution in [0.1, 0.15) is 33.6 Å². The molecule has 0 saturated carbocycles. The van der Waals surface area contributed by atoms with E-state index in [0.717, 1.165) is 49.9 Å². The van der Waals surface area contributed by atoms with E-state index in [0.29, 0.717) is 6.04 Å². The zero-order chi connectivity index (χ0) is 13.8. The van der Waals surface area contributed by atoms with Crippen LogP contribution in [0, 0.1) is 4.77 Å². The van der Waals surface area contributed by atoms with Crippen molar-refractivity contribution in [3.63, 3.8) is 0 Å². The van der Waals surface area contributed by atoms with Gasteiger partial charge in [-0.1, -0.05) is 13.8 Å². The standard InChI is InChI=1S/C13H25N5S/c1-4-6-18-12(14-15-13(18)19)17-9-7-16(8-10-17)11(3)5-2/h11H,4-10H2,1-3H3,(H,15,19). The summed E-state index contributed by atoms with van der Waals surface area (Å²) in [5.74, 6) is 1.01.